The fraction of sp³-hybridized carbons (Fsp3) is 0.345. The van der Waals surface area contributed by atoms with Crippen molar-refractivity contribution < 1.29 is 9.18 Å². The molecule has 184 valence electrons. The molecule has 1 saturated heterocycles. The van der Waals surface area contributed by atoms with E-state index in [4.69, 9.17) is 0 Å². The second-order valence-corrected chi connectivity index (χ2v) is 9.42. The maximum atomic E-state index is 13.5. The Labute approximate surface area is 213 Å². The Balaban J connectivity index is 0.00000289. The molecule has 0 atom stereocenters. The van der Waals surface area contributed by atoms with Crippen molar-refractivity contribution in [2.24, 2.45) is 0 Å². The SMILES string of the molecule is CN(CCC(=O)N1CCN(c2cccc(F)c2)CC1)CCC1c2ccccc2-c2ccccc21.Cl. The standard InChI is InChI=1S/C29H32FN3O.ClH/c1-31(15-13-28-26-11-4-2-9-24(26)25-10-3-5-12-27(25)28)16-14-29(34)33-19-17-32(18-20-33)23-8-6-7-22(30)21-23;/h2-12,21,28H,13-20H2,1H3;1H. The number of rotatable bonds is 7. The van der Waals surface area contributed by atoms with E-state index >= 15 is 0 Å². The number of amides is 1. The van der Waals surface area contributed by atoms with E-state index in [1.165, 1.54) is 28.3 Å². The molecule has 0 radical (unpaired) electrons. The predicted octanol–water partition coefficient (Wildman–Crippen LogP) is 5.42. The van der Waals surface area contributed by atoms with Gasteiger partial charge in [-0.25, -0.2) is 4.39 Å². The van der Waals surface area contributed by atoms with Crippen LogP contribution in [-0.4, -0.2) is 62.0 Å². The summed E-state index contributed by atoms with van der Waals surface area (Å²) in [5.41, 5.74) is 6.45. The minimum atomic E-state index is -0.219. The van der Waals surface area contributed by atoms with Crippen LogP contribution in [0.1, 0.15) is 29.9 Å². The molecule has 1 amide bonds. The molecule has 3 aromatic rings. The highest BCUT2D eigenvalue weighted by Gasteiger charge is 2.28. The first kappa shape index (κ1) is 25.2. The lowest BCUT2D eigenvalue weighted by Crippen LogP contribution is -2.49. The summed E-state index contributed by atoms with van der Waals surface area (Å²) in [6.07, 6.45) is 1.58. The van der Waals surface area contributed by atoms with E-state index in [9.17, 15) is 9.18 Å². The molecule has 1 aliphatic carbocycles. The first-order valence-corrected chi connectivity index (χ1v) is 12.3. The van der Waals surface area contributed by atoms with Gasteiger partial charge in [0.1, 0.15) is 5.82 Å². The van der Waals surface area contributed by atoms with E-state index in [1.807, 2.05) is 11.0 Å². The van der Waals surface area contributed by atoms with Gasteiger partial charge in [-0.15, -0.1) is 12.4 Å². The van der Waals surface area contributed by atoms with Gasteiger partial charge in [0.2, 0.25) is 5.91 Å². The van der Waals surface area contributed by atoms with Crippen LogP contribution in [0.2, 0.25) is 0 Å². The minimum absolute atomic E-state index is 0. The Morgan fingerprint density at radius 1 is 0.886 bits per heavy atom. The molecule has 5 rings (SSSR count). The zero-order valence-corrected chi connectivity index (χ0v) is 21.0. The molecule has 0 unspecified atom stereocenters. The van der Waals surface area contributed by atoms with Crippen molar-refractivity contribution in [2.45, 2.75) is 18.8 Å². The quantitative estimate of drug-likeness (QED) is 0.439. The Hall–Kier alpha value is -2.89. The fourth-order valence-corrected chi connectivity index (χ4v) is 5.36. The van der Waals surface area contributed by atoms with Gasteiger partial charge in [0.25, 0.3) is 0 Å². The summed E-state index contributed by atoms with van der Waals surface area (Å²) in [5, 5.41) is 0. The van der Waals surface area contributed by atoms with Gasteiger partial charge < -0.3 is 14.7 Å². The topological polar surface area (TPSA) is 26.8 Å². The molecular formula is C29H33ClFN3O. The maximum absolute atomic E-state index is 13.5. The van der Waals surface area contributed by atoms with Gasteiger partial charge in [0, 0.05) is 50.7 Å². The monoisotopic (exact) mass is 493 g/mol. The molecule has 0 N–H and O–H groups in total. The summed E-state index contributed by atoms with van der Waals surface area (Å²) < 4.78 is 13.5. The Kier molecular flexibility index (Phi) is 8.09. The lowest BCUT2D eigenvalue weighted by molar-refractivity contribution is -0.131. The van der Waals surface area contributed by atoms with Gasteiger partial charge in [-0.1, -0.05) is 54.6 Å². The molecule has 3 aromatic carbocycles. The lowest BCUT2D eigenvalue weighted by atomic mass is 9.93. The van der Waals surface area contributed by atoms with Crippen LogP contribution in [0.4, 0.5) is 10.1 Å². The van der Waals surface area contributed by atoms with Crippen molar-refractivity contribution in [1.29, 1.82) is 0 Å². The average molecular weight is 494 g/mol. The third-order valence-corrected chi connectivity index (χ3v) is 7.28. The number of fused-ring (bicyclic) bond motifs is 3. The smallest absolute Gasteiger partial charge is 0.223 e. The summed E-state index contributed by atoms with van der Waals surface area (Å²) in [7, 11) is 2.11. The third kappa shape index (κ3) is 5.52. The van der Waals surface area contributed by atoms with E-state index in [0.717, 1.165) is 38.3 Å². The number of carbonyl (C=O) groups is 1. The largest absolute Gasteiger partial charge is 0.368 e. The summed E-state index contributed by atoms with van der Waals surface area (Å²) in [6.45, 7) is 4.58. The summed E-state index contributed by atoms with van der Waals surface area (Å²) in [5.74, 6) is 0.410. The fourth-order valence-electron chi connectivity index (χ4n) is 5.36. The Morgan fingerprint density at radius 3 is 2.14 bits per heavy atom. The van der Waals surface area contributed by atoms with Crippen molar-refractivity contribution in [1.82, 2.24) is 9.80 Å². The normalized spacial score (nSPS) is 15.1. The van der Waals surface area contributed by atoms with Crippen LogP contribution >= 0.6 is 12.4 Å². The third-order valence-electron chi connectivity index (χ3n) is 7.28. The first-order chi connectivity index (χ1) is 16.6. The van der Waals surface area contributed by atoms with Crippen LogP contribution in [0.3, 0.4) is 0 Å². The van der Waals surface area contributed by atoms with Crippen LogP contribution in [0.5, 0.6) is 0 Å². The van der Waals surface area contributed by atoms with Crippen LogP contribution in [0.15, 0.2) is 72.8 Å². The Bertz CT molecular complexity index is 1120. The van der Waals surface area contributed by atoms with Gasteiger partial charge in [-0.3, -0.25) is 4.79 Å². The number of anilines is 1. The number of carbonyl (C=O) groups excluding carboxylic acids is 1. The number of piperazine rings is 1. The highest BCUT2D eigenvalue weighted by molar-refractivity contribution is 5.85. The lowest BCUT2D eigenvalue weighted by Gasteiger charge is -2.36. The van der Waals surface area contributed by atoms with Gasteiger partial charge >= 0.3 is 0 Å². The van der Waals surface area contributed by atoms with Crippen LogP contribution < -0.4 is 4.90 Å². The van der Waals surface area contributed by atoms with Crippen molar-refractivity contribution in [3.8, 4) is 11.1 Å². The van der Waals surface area contributed by atoms with Crippen LogP contribution in [0, 0.1) is 5.82 Å². The summed E-state index contributed by atoms with van der Waals surface area (Å²) >= 11 is 0. The number of benzene rings is 3. The predicted molar refractivity (Wildman–Crippen MR) is 143 cm³/mol. The van der Waals surface area contributed by atoms with Gasteiger partial charge in [0.15, 0.2) is 0 Å². The van der Waals surface area contributed by atoms with Crippen molar-refractivity contribution in [3.63, 3.8) is 0 Å². The van der Waals surface area contributed by atoms with Crippen LogP contribution in [0.25, 0.3) is 11.1 Å². The number of nitrogens with zero attached hydrogens (tertiary/aromatic N) is 3. The van der Waals surface area contributed by atoms with E-state index < -0.39 is 0 Å². The average Bonchev–Trinajstić information content (AvgIpc) is 3.20. The van der Waals surface area contributed by atoms with Crippen LogP contribution in [-0.2, 0) is 4.79 Å². The van der Waals surface area contributed by atoms with Gasteiger partial charge in [-0.2, -0.15) is 0 Å². The molecule has 1 aliphatic heterocycles. The molecule has 0 spiro atoms. The molecule has 4 nitrogen and oxygen atoms in total. The molecule has 0 bridgehead atoms. The number of halogens is 2. The molecule has 1 fully saturated rings. The van der Waals surface area contributed by atoms with E-state index in [2.05, 4.69) is 65.4 Å². The van der Waals surface area contributed by atoms with Crippen molar-refractivity contribution >= 4 is 24.0 Å². The van der Waals surface area contributed by atoms with Gasteiger partial charge in [0.05, 0.1) is 0 Å². The molecular weight excluding hydrogens is 461 g/mol. The number of hydrogen-bond acceptors (Lipinski definition) is 3. The molecule has 0 aromatic heterocycles. The zero-order valence-electron chi connectivity index (χ0n) is 20.2. The molecule has 1 heterocycles. The van der Waals surface area contributed by atoms with E-state index in [-0.39, 0.29) is 24.1 Å². The van der Waals surface area contributed by atoms with Crippen molar-refractivity contribution in [2.75, 3.05) is 51.2 Å². The molecule has 35 heavy (non-hydrogen) atoms. The Morgan fingerprint density at radius 2 is 1.51 bits per heavy atom. The second-order valence-electron chi connectivity index (χ2n) is 9.42. The minimum Gasteiger partial charge on any atom is -0.368 e. The molecule has 2 aliphatic rings. The van der Waals surface area contributed by atoms with Gasteiger partial charge in [-0.05, 0) is 60.5 Å². The highest BCUT2D eigenvalue weighted by atomic mass is 35.5. The maximum Gasteiger partial charge on any atom is 0.223 e. The van der Waals surface area contributed by atoms with E-state index in [1.54, 1.807) is 12.1 Å². The molecule has 6 heteroatoms. The summed E-state index contributed by atoms with van der Waals surface area (Å²) in [6, 6.07) is 24.2. The summed E-state index contributed by atoms with van der Waals surface area (Å²) in [4.78, 5) is 19.2. The number of hydrogen-bond donors (Lipinski definition) is 0. The van der Waals surface area contributed by atoms with E-state index in [0.29, 0.717) is 25.4 Å². The van der Waals surface area contributed by atoms with Crippen molar-refractivity contribution in [3.05, 3.63) is 89.7 Å². The highest BCUT2D eigenvalue weighted by Crippen LogP contribution is 2.46. The molecule has 0 saturated carbocycles. The first-order valence-electron chi connectivity index (χ1n) is 12.3. The second kappa shape index (κ2) is 11.2. The zero-order chi connectivity index (χ0) is 23.5.